The van der Waals surface area contributed by atoms with Crippen LogP contribution in [0.5, 0.6) is 0 Å². The molecular formula is C17H23NO6. The van der Waals surface area contributed by atoms with Crippen LogP contribution in [0.4, 0.5) is 0 Å². The van der Waals surface area contributed by atoms with Gasteiger partial charge in [-0.2, -0.15) is 0 Å². The first-order valence-electron chi connectivity index (χ1n) is 8.00. The molecule has 7 nitrogen and oxygen atoms in total. The Morgan fingerprint density at radius 2 is 2.08 bits per heavy atom. The fourth-order valence-electron chi connectivity index (χ4n) is 2.96. The monoisotopic (exact) mass is 337 g/mol. The van der Waals surface area contributed by atoms with Gasteiger partial charge in [0.1, 0.15) is 0 Å². The molecule has 1 fully saturated rings. The molecule has 0 radical (unpaired) electrons. The molecule has 1 unspecified atom stereocenters. The highest BCUT2D eigenvalue weighted by atomic mass is 16.7. The lowest BCUT2D eigenvalue weighted by molar-refractivity contribution is -0.541. The normalized spacial score (nSPS) is 21.9. The van der Waals surface area contributed by atoms with Crippen molar-refractivity contribution < 1.29 is 23.9 Å². The van der Waals surface area contributed by atoms with Gasteiger partial charge >= 0.3 is 5.97 Å². The molecule has 0 amide bonds. The Balaban J connectivity index is 2.31. The topological polar surface area (TPSA) is 87.9 Å². The third-order valence-corrected chi connectivity index (χ3v) is 3.99. The van der Waals surface area contributed by atoms with E-state index in [1.54, 1.807) is 51.1 Å². The lowest BCUT2D eigenvalue weighted by Gasteiger charge is -2.26. The molecule has 1 aromatic rings. The van der Waals surface area contributed by atoms with Crippen molar-refractivity contribution in [3.05, 3.63) is 46.0 Å². The van der Waals surface area contributed by atoms with E-state index in [0.29, 0.717) is 5.56 Å². The van der Waals surface area contributed by atoms with Crippen molar-refractivity contribution in [1.29, 1.82) is 0 Å². The molecule has 1 aromatic carbocycles. The van der Waals surface area contributed by atoms with Crippen LogP contribution in [0, 0.1) is 16.0 Å². The molecule has 1 heterocycles. The van der Waals surface area contributed by atoms with Gasteiger partial charge in [-0.05, 0) is 20.8 Å². The van der Waals surface area contributed by atoms with E-state index < -0.39 is 29.8 Å². The average molecular weight is 337 g/mol. The smallest absolute Gasteiger partial charge is 0.306 e. The maximum atomic E-state index is 12.0. The van der Waals surface area contributed by atoms with Crippen LogP contribution in [-0.4, -0.2) is 36.0 Å². The van der Waals surface area contributed by atoms with Gasteiger partial charge in [-0.15, -0.1) is 0 Å². The number of nitrogens with zero attached hydrogens (tertiary/aromatic N) is 1. The van der Waals surface area contributed by atoms with Crippen LogP contribution in [-0.2, 0) is 19.0 Å². The zero-order valence-corrected chi connectivity index (χ0v) is 14.1. The number of ether oxygens (including phenoxy) is 3. The summed E-state index contributed by atoms with van der Waals surface area (Å²) in [6.07, 6.45) is -0.654. The van der Waals surface area contributed by atoms with Crippen LogP contribution in [0.25, 0.3) is 0 Å². The molecule has 132 valence electrons. The molecule has 24 heavy (non-hydrogen) atoms. The summed E-state index contributed by atoms with van der Waals surface area (Å²) in [7, 11) is 0. The standard InChI is InChI=1S/C17H23NO6/c1-4-22-15(19)10-13(14-11-23-17(2,3)24-14)16(18(20)21)12-8-6-5-7-9-12/h5-9,13-14,16H,4,10-11H2,1-3H3/t13-,14-,16?/m1/s1. The van der Waals surface area contributed by atoms with Crippen molar-refractivity contribution >= 4 is 5.97 Å². The summed E-state index contributed by atoms with van der Waals surface area (Å²) in [5.74, 6) is -1.98. The largest absolute Gasteiger partial charge is 0.466 e. The van der Waals surface area contributed by atoms with Crippen LogP contribution < -0.4 is 0 Å². The molecule has 0 N–H and O–H groups in total. The summed E-state index contributed by atoms with van der Waals surface area (Å²) in [6.45, 7) is 5.63. The summed E-state index contributed by atoms with van der Waals surface area (Å²) >= 11 is 0. The van der Waals surface area contributed by atoms with E-state index in [0.717, 1.165) is 0 Å². The molecule has 1 saturated heterocycles. The minimum Gasteiger partial charge on any atom is -0.466 e. The Hall–Kier alpha value is -1.99. The van der Waals surface area contributed by atoms with Crippen LogP contribution in [0.3, 0.4) is 0 Å². The van der Waals surface area contributed by atoms with Crippen molar-refractivity contribution in [2.24, 2.45) is 5.92 Å². The second-order valence-corrected chi connectivity index (χ2v) is 6.18. The summed E-state index contributed by atoms with van der Waals surface area (Å²) < 4.78 is 16.3. The third kappa shape index (κ3) is 4.52. The van der Waals surface area contributed by atoms with Crippen LogP contribution in [0.1, 0.15) is 38.8 Å². The number of hydrogen-bond acceptors (Lipinski definition) is 6. The van der Waals surface area contributed by atoms with Gasteiger partial charge in [-0.25, -0.2) is 0 Å². The molecule has 3 atom stereocenters. The summed E-state index contributed by atoms with van der Waals surface area (Å²) in [5, 5.41) is 11.8. The number of carbonyl (C=O) groups is 1. The highest BCUT2D eigenvalue weighted by Gasteiger charge is 2.46. The molecule has 0 aliphatic carbocycles. The molecule has 0 saturated carbocycles. The highest BCUT2D eigenvalue weighted by molar-refractivity contribution is 5.69. The zero-order valence-electron chi connectivity index (χ0n) is 14.1. The first-order chi connectivity index (χ1) is 11.3. The Morgan fingerprint density at radius 3 is 2.58 bits per heavy atom. The first-order valence-corrected chi connectivity index (χ1v) is 8.00. The summed E-state index contributed by atoms with van der Waals surface area (Å²) in [4.78, 5) is 23.4. The summed E-state index contributed by atoms with van der Waals surface area (Å²) in [5.41, 5.74) is 0.533. The Labute approximate surface area is 141 Å². The number of esters is 1. The van der Waals surface area contributed by atoms with Crippen molar-refractivity contribution in [2.45, 2.75) is 45.1 Å². The fraction of sp³-hybridized carbons (Fsp3) is 0.588. The highest BCUT2D eigenvalue weighted by Crippen LogP contribution is 2.37. The van der Waals surface area contributed by atoms with Gasteiger partial charge in [0.25, 0.3) is 0 Å². The molecule has 0 spiro atoms. The Kier molecular flexibility index (Phi) is 5.90. The lowest BCUT2D eigenvalue weighted by atomic mass is 9.86. The molecule has 1 aliphatic rings. The number of rotatable bonds is 7. The van der Waals surface area contributed by atoms with Crippen molar-refractivity contribution in [3.8, 4) is 0 Å². The predicted molar refractivity (Wildman–Crippen MR) is 85.8 cm³/mol. The van der Waals surface area contributed by atoms with E-state index in [1.807, 2.05) is 0 Å². The molecule has 7 heteroatoms. The van der Waals surface area contributed by atoms with E-state index in [2.05, 4.69) is 0 Å². The quantitative estimate of drug-likeness (QED) is 0.432. The molecule has 1 aliphatic heterocycles. The second kappa shape index (κ2) is 7.72. The van der Waals surface area contributed by atoms with E-state index in [4.69, 9.17) is 14.2 Å². The number of hydrogen-bond donors (Lipinski definition) is 0. The Bertz CT molecular complexity index is 574. The lowest BCUT2D eigenvalue weighted by Crippen LogP contribution is -2.36. The zero-order chi connectivity index (χ0) is 17.7. The van der Waals surface area contributed by atoms with E-state index in [-0.39, 0.29) is 24.6 Å². The number of benzene rings is 1. The first kappa shape index (κ1) is 18.4. The number of nitro groups is 1. The van der Waals surface area contributed by atoms with Gasteiger partial charge in [-0.3, -0.25) is 14.9 Å². The summed E-state index contributed by atoms with van der Waals surface area (Å²) in [6, 6.07) is 7.57. The van der Waals surface area contributed by atoms with E-state index in [9.17, 15) is 14.9 Å². The predicted octanol–water partition coefficient (Wildman–Crippen LogP) is 2.73. The maximum Gasteiger partial charge on any atom is 0.306 e. The van der Waals surface area contributed by atoms with Crippen molar-refractivity contribution in [1.82, 2.24) is 0 Å². The number of carbonyl (C=O) groups excluding carboxylic acids is 1. The SMILES string of the molecule is CCOC(=O)C[C@@H](C(c1ccccc1)[N+](=O)[O-])[C@H]1COC(C)(C)O1. The van der Waals surface area contributed by atoms with Gasteiger partial charge in [0, 0.05) is 10.5 Å². The van der Waals surface area contributed by atoms with Gasteiger partial charge in [-0.1, -0.05) is 30.3 Å². The molecular weight excluding hydrogens is 314 g/mol. The van der Waals surface area contributed by atoms with Gasteiger partial charge in [0.2, 0.25) is 6.04 Å². The van der Waals surface area contributed by atoms with Crippen molar-refractivity contribution in [2.75, 3.05) is 13.2 Å². The van der Waals surface area contributed by atoms with E-state index in [1.165, 1.54) is 0 Å². The van der Waals surface area contributed by atoms with E-state index >= 15 is 0 Å². The average Bonchev–Trinajstić information content (AvgIpc) is 2.87. The van der Waals surface area contributed by atoms with Crippen molar-refractivity contribution in [3.63, 3.8) is 0 Å². The second-order valence-electron chi connectivity index (χ2n) is 6.18. The van der Waals surface area contributed by atoms with Crippen LogP contribution in [0.2, 0.25) is 0 Å². The van der Waals surface area contributed by atoms with Gasteiger partial charge < -0.3 is 14.2 Å². The van der Waals surface area contributed by atoms with Crippen LogP contribution in [0.15, 0.2) is 30.3 Å². The fourth-order valence-corrected chi connectivity index (χ4v) is 2.96. The maximum absolute atomic E-state index is 12.0. The van der Waals surface area contributed by atoms with Gasteiger partial charge in [0.15, 0.2) is 5.79 Å². The molecule has 0 bridgehead atoms. The van der Waals surface area contributed by atoms with Gasteiger partial charge in [0.05, 0.1) is 31.7 Å². The molecule has 2 rings (SSSR count). The molecule has 0 aromatic heterocycles. The third-order valence-electron chi connectivity index (χ3n) is 3.99. The Morgan fingerprint density at radius 1 is 1.42 bits per heavy atom. The van der Waals surface area contributed by atoms with Crippen LogP contribution >= 0.6 is 0 Å². The minimum atomic E-state index is -1.07. The minimum absolute atomic E-state index is 0.0987.